The van der Waals surface area contributed by atoms with Gasteiger partial charge in [0.25, 0.3) is 0 Å². The molecule has 1 saturated carbocycles. The number of rotatable bonds is 1. The van der Waals surface area contributed by atoms with Crippen molar-refractivity contribution in [1.29, 1.82) is 0 Å². The van der Waals surface area contributed by atoms with E-state index in [0.29, 0.717) is 17.4 Å². The molecular formula is C15H18ClN3O. The van der Waals surface area contributed by atoms with Gasteiger partial charge in [-0.2, -0.15) is 0 Å². The fourth-order valence-electron chi connectivity index (χ4n) is 3.18. The molecule has 1 N–H and O–H groups in total. The molecule has 0 aromatic carbocycles. The lowest BCUT2D eigenvalue weighted by Gasteiger charge is -2.40. The highest BCUT2D eigenvalue weighted by Crippen LogP contribution is 2.38. The SMILES string of the molecule is O=C(Nc1ccc(Cl)nc1)N1CC=CC12CCCCC2. The quantitative estimate of drug-likeness (QED) is 0.631. The lowest BCUT2D eigenvalue weighted by atomic mass is 9.81. The molecule has 1 aliphatic carbocycles. The van der Waals surface area contributed by atoms with Crippen molar-refractivity contribution < 1.29 is 4.79 Å². The van der Waals surface area contributed by atoms with Gasteiger partial charge in [-0.1, -0.05) is 43.0 Å². The predicted molar refractivity (Wildman–Crippen MR) is 79.9 cm³/mol. The van der Waals surface area contributed by atoms with Crippen LogP contribution in [0.5, 0.6) is 0 Å². The second-order valence-corrected chi connectivity index (χ2v) is 5.86. The highest BCUT2D eigenvalue weighted by molar-refractivity contribution is 6.29. The van der Waals surface area contributed by atoms with E-state index in [2.05, 4.69) is 22.5 Å². The Morgan fingerprint density at radius 1 is 1.30 bits per heavy atom. The summed E-state index contributed by atoms with van der Waals surface area (Å²) in [5, 5.41) is 3.33. The molecule has 1 fully saturated rings. The van der Waals surface area contributed by atoms with Gasteiger partial charge in [-0.3, -0.25) is 0 Å². The molecule has 20 heavy (non-hydrogen) atoms. The Morgan fingerprint density at radius 2 is 2.10 bits per heavy atom. The van der Waals surface area contributed by atoms with E-state index < -0.39 is 0 Å². The average molecular weight is 292 g/mol. The van der Waals surface area contributed by atoms with Crippen LogP contribution >= 0.6 is 11.6 Å². The summed E-state index contributed by atoms with van der Waals surface area (Å²) in [6, 6.07) is 3.39. The number of halogens is 1. The van der Waals surface area contributed by atoms with Crippen LogP contribution < -0.4 is 5.32 Å². The van der Waals surface area contributed by atoms with Crippen LogP contribution in [0.1, 0.15) is 32.1 Å². The van der Waals surface area contributed by atoms with Gasteiger partial charge in [0.2, 0.25) is 0 Å². The van der Waals surface area contributed by atoms with Crippen molar-refractivity contribution >= 4 is 23.3 Å². The number of amides is 2. The number of hydrogen-bond donors (Lipinski definition) is 1. The minimum Gasteiger partial charge on any atom is -0.312 e. The fourth-order valence-corrected chi connectivity index (χ4v) is 3.29. The standard InChI is InChI=1S/C15H18ClN3O/c16-13-6-5-12(11-17-13)18-14(20)19-10-4-9-15(19)7-2-1-3-8-15/h4-6,9,11H,1-3,7-8,10H2,(H,18,20). The molecule has 106 valence electrons. The predicted octanol–water partition coefficient (Wildman–Crippen LogP) is 3.84. The maximum Gasteiger partial charge on any atom is 0.322 e. The van der Waals surface area contributed by atoms with Gasteiger partial charge >= 0.3 is 6.03 Å². The molecule has 0 bridgehead atoms. The number of anilines is 1. The van der Waals surface area contributed by atoms with Crippen molar-refractivity contribution in [3.8, 4) is 0 Å². The molecule has 1 aromatic heterocycles. The summed E-state index contributed by atoms with van der Waals surface area (Å²) in [4.78, 5) is 18.4. The molecule has 1 aliphatic heterocycles. The first-order valence-corrected chi connectivity index (χ1v) is 7.45. The summed E-state index contributed by atoms with van der Waals surface area (Å²) in [5.74, 6) is 0. The van der Waals surface area contributed by atoms with E-state index >= 15 is 0 Å². The number of pyridine rings is 1. The highest BCUT2D eigenvalue weighted by Gasteiger charge is 2.40. The molecule has 2 amide bonds. The van der Waals surface area contributed by atoms with Gasteiger partial charge in [-0.25, -0.2) is 9.78 Å². The van der Waals surface area contributed by atoms with Crippen molar-refractivity contribution in [2.45, 2.75) is 37.6 Å². The first-order valence-electron chi connectivity index (χ1n) is 7.08. The summed E-state index contributed by atoms with van der Waals surface area (Å²) in [5.41, 5.74) is 0.611. The zero-order valence-electron chi connectivity index (χ0n) is 11.3. The first kappa shape index (κ1) is 13.4. The second-order valence-electron chi connectivity index (χ2n) is 5.48. The van der Waals surface area contributed by atoms with Crippen molar-refractivity contribution in [3.05, 3.63) is 35.6 Å². The summed E-state index contributed by atoms with van der Waals surface area (Å²) in [6.07, 6.45) is 11.7. The molecule has 4 nitrogen and oxygen atoms in total. The lowest BCUT2D eigenvalue weighted by Crippen LogP contribution is -2.50. The topological polar surface area (TPSA) is 45.2 Å². The Hall–Kier alpha value is -1.55. The van der Waals surface area contributed by atoms with Gasteiger partial charge in [0.05, 0.1) is 17.4 Å². The van der Waals surface area contributed by atoms with Gasteiger partial charge in [0.15, 0.2) is 0 Å². The summed E-state index contributed by atoms with van der Waals surface area (Å²) in [6.45, 7) is 0.687. The number of nitrogens with zero attached hydrogens (tertiary/aromatic N) is 2. The zero-order chi connectivity index (χ0) is 14.0. The number of aromatic nitrogens is 1. The maximum absolute atomic E-state index is 12.5. The monoisotopic (exact) mass is 291 g/mol. The van der Waals surface area contributed by atoms with Crippen LogP contribution in [0, 0.1) is 0 Å². The molecule has 2 aliphatic rings. The molecular weight excluding hydrogens is 274 g/mol. The summed E-state index contributed by atoms with van der Waals surface area (Å²) >= 11 is 5.75. The molecule has 0 radical (unpaired) electrons. The first-order chi connectivity index (χ1) is 9.70. The van der Waals surface area contributed by atoms with Crippen molar-refractivity contribution in [2.75, 3.05) is 11.9 Å². The number of carbonyl (C=O) groups is 1. The summed E-state index contributed by atoms with van der Waals surface area (Å²) < 4.78 is 0. The summed E-state index contributed by atoms with van der Waals surface area (Å²) in [7, 11) is 0. The minimum absolute atomic E-state index is 0.0546. The van der Waals surface area contributed by atoms with Gasteiger partial charge in [-0.15, -0.1) is 0 Å². The molecule has 1 spiro atoms. The van der Waals surface area contributed by atoms with Crippen LogP contribution in [0.4, 0.5) is 10.5 Å². The number of urea groups is 1. The second kappa shape index (κ2) is 5.44. The van der Waals surface area contributed by atoms with Gasteiger partial charge in [-0.05, 0) is 25.0 Å². The largest absolute Gasteiger partial charge is 0.322 e. The number of nitrogens with one attached hydrogen (secondary N) is 1. The molecule has 2 heterocycles. The lowest BCUT2D eigenvalue weighted by molar-refractivity contribution is 0.143. The highest BCUT2D eigenvalue weighted by atomic mass is 35.5. The zero-order valence-corrected chi connectivity index (χ0v) is 12.1. The third-order valence-electron chi connectivity index (χ3n) is 4.20. The molecule has 0 saturated heterocycles. The van der Waals surface area contributed by atoms with Gasteiger partial charge < -0.3 is 10.2 Å². The number of carbonyl (C=O) groups excluding carboxylic acids is 1. The van der Waals surface area contributed by atoms with Crippen LogP contribution in [0.2, 0.25) is 5.15 Å². The van der Waals surface area contributed by atoms with Crippen molar-refractivity contribution in [2.24, 2.45) is 0 Å². The van der Waals surface area contributed by atoms with E-state index in [9.17, 15) is 4.79 Å². The Morgan fingerprint density at radius 3 is 2.80 bits per heavy atom. The van der Waals surface area contributed by atoms with E-state index in [-0.39, 0.29) is 11.6 Å². The molecule has 3 rings (SSSR count). The maximum atomic E-state index is 12.5. The van der Waals surface area contributed by atoms with Crippen molar-refractivity contribution in [1.82, 2.24) is 9.88 Å². The molecule has 0 unspecified atom stereocenters. The van der Waals surface area contributed by atoms with Gasteiger partial charge in [0, 0.05) is 6.54 Å². The molecule has 1 aromatic rings. The Balaban J connectivity index is 1.72. The number of hydrogen-bond acceptors (Lipinski definition) is 2. The van der Waals surface area contributed by atoms with Crippen LogP contribution in [0.15, 0.2) is 30.5 Å². The van der Waals surface area contributed by atoms with Crippen LogP contribution in [0.25, 0.3) is 0 Å². The Labute approximate surface area is 123 Å². The van der Waals surface area contributed by atoms with E-state index in [0.717, 1.165) is 12.8 Å². The third-order valence-corrected chi connectivity index (χ3v) is 4.42. The van der Waals surface area contributed by atoms with E-state index in [1.807, 2.05) is 4.90 Å². The fraction of sp³-hybridized carbons (Fsp3) is 0.467. The van der Waals surface area contributed by atoms with E-state index in [1.165, 1.54) is 19.3 Å². The van der Waals surface area contributed by atoms with Crippen LogP contribution in [-0.4, -0.2) is 28.0 Å². The Kier molecular flexibility index (Phi) is 3.66. The molecule has 0 atom stereocenters. The van der Waals surface area contributed by atoms with Crippen molar-refractivity contribution in [3.63, 3.8) is 0 Å². The van der Waals surface area contributed by atoms with Crippen LogP contribution in [0.3, 0.4) is 0 Å². The molecule has 5 heteroatoms. The van der Waals surface area contributed by atoms with E-state index in [1.54, 1.807) is 18.3 Å². The minimum atomic E-state index is -0.0673. The Bertz CT molecular complexity index is 520. The third kappa shape index (κ3) is 2.52. The smallest absolute Gasteiger partial charge is 0.312 e. The normalized spacial score (nSPS) is 20.4. The van der Waals surface area contributed by atoms with Gasteiger partial charge in [0.1, 0.15) is 5.15 Å². The van der Waals surface area contributed by atoms with Crippen LogP contribution in [-0.2, 0) is 0 Å². The average Bonchev–Trinajstić information content (AvgIpc) is 2.85. The van der Waals surface area contributed by atoms with E-state index in [4.69, 9.17) is 11.6 Å².